The van der Waals surface area contributed by atoms with Gasteiger partial charge in [0.2, 0.25) is 0 Å². The van der Waals surface area contributed by atoms with E-state index in [-0.39, 0.29) is 0 Å². The van der Waals surface area contributed by atoms with E-state index in [4.69, 9.17) is 0 Å². The number of hydrogen-bond acceptors (Lipinski definition) is 4. The average molecular weight is 401 g/mol. The third-order valence-corrected chi connectivity index (χ3v) is 7.12. The Morgan fingerprint density at radius 2 is 1.83 bits per heavy atom. The Kier molecular flexibility index (Phi) is 5.67. The Hall–Kier alpha value is -2.46. The Balaban J connectivity index is 1.22. The quantitative estimate of drug-likeness (QED) is 0.667. The standard InChI is InChI=1S/C26H32N4/c1-19(20-7-9-25(10-8-20)30-13-3-2-4-14-30)29-26-16-24-15-21(23-11-12-27-17-23)5-6-22(24)18-28-26/h5-6,12,15-18,20,25H,1-4,7-11,13-14H2,(H,28,29). The molecule has 156 valence electrons. The van der Waals surface area contributed by atoms with Crippen molar-refractivity contribution in [3.8, 4) is 0 Å². The van der Waals surface area contributed by atoms with Crippen molar-refractivity contribution in [3.63, 3.8) is 0 Å². The van der Waals surface area contributed by atoms with Crippen LogP contribution in [0.5, 0.6) is 0 Å². The second-order valence-corrected chi connectivity index (χ2v) is 9.07. The molecule has 1 aromatic carbocycles. The normalized spacial score (nSPS) is 24.7. The topological polar surface area (TPSA) is 40.5 Å². The molecule has 5 rings (SSSR count). The maximum absolute atomic E-state index is 4.64. The van der Waals surface area contributed by atoms with Crippen molar-refractivity contribution >= 4 is 28.4 Å². The van der Waals surface area contributed by atoms with Crippen molar-refractivity contribution in [2.75, 3.05) is 18.4 Å². The van der Waals surface area contributed by atoms with Gasteiger partial charge in [-0.2, -0.15) is 0 Å². The fraction of sp³-hybridized carbons (Fsp3) is 0.462. The van der Waals surface area contributed by atoms with E-state index in [0.717, 1.165) is 29.4 Å². The van der Waals surface area contributed by atoms with E-state index in [1.807, 2.05) is 18.6 Å². The maximum atomic E-state index is 4.64. The molecule has 4 heteroatoms. The summed E-state index contributed by atoms with van der Waals surface area (Å²) < 4.78 is 0. The summed E-state index contributed by atoms with van der Waals surface area (Å²) in [5.41, 5.74) is 3.65. The molecule has 1 aliphatic carbocycles. The van der Waals surface area contributed by atoms with Crippen LogP contribution >= 0.6 is 0 Å². The van der Waals surface area contributed by atoms with Gasteiger partial charge in [-0.3, -0.25) is 4.99 Å². The molecule has 1 N–H and O–H groups in total. The summed E-state index contributed by atoms with van der Waals surface area (Å²) in [5, 5.41) is 5.90. The van der Waals surface area contributed by atoms with Crippen molar-refractivity contribution in [3.05, 3.63) is 54.5 Å². The molecule has 3 heterocycles. The summed E-state index contributed by atoms with van der Waals surface area (Å²) in [7, 11) is 0. The number of nitrogens with one attached hydrogen (secondary N) is 1. The van der Waals surface area contributed by atoms with Gasteiger partial charge in [0, 0.05) is 42.2 Å². The molecule has 0 spiro atoms. The summed E-state index contributed by atoms with van der Waals surface area (Å²) in [4.78, 5) is 11.6. The van der Waals surface area contributed by atoms with Crippen LogP contribution in [0.2, 0.25) is 0 Å². The molecule has 2 aromatic rings. The first-order valence-corrected chi connectivity index (χ1v) is 11.6. The second kappa shape index (κ2) is 8.73. The zero-order chi connectivity index (χ0) is 20.3. The molecule has 4 nitrogen and oxygen atoms in total. The van der Waals surface area contributed by atoms with Crippen molar-refractivity contribution in [2.24, 2.45) is 10.9 Å². The largest absolute Gasteiger partial charge is 0.344 e. The van der Waals surface area contributed by atoms with Crippen LogP contribution in [0.15, 0.2) is 53.9 Å². The van der Waals surface area contributed by atoms with Crippen LogP contribution in [0.1, 0.15) is 56.9 Å². The monoisotopic (exact) mass is 400 g/mol. The Labute approximate surface area is 179 Å². The number of nitrogens with zero attached hydrogens (tertiary/aromatic N) is 3. The Bertz CT molecular complexity index is 976. The minimum Gasteiger partial charge on any atom is -0.344 e. The maximum Gasteiger partial charge on any atom is 0.130 e. The average Bonchev–Trinajstić information content (AvgIpc) is 3.34. The van der Waals surface area contributed by atoms with Crippen molar-refractivity contribution < 1.29 is 0 Å². The lowest BCUT2D eigenvalue weighted by Gasteiger charge is -2.39. The molecule has 2 aliphatic heterocycles. The number of piperidine rings is 1. The number of fused-ring (bicyclic) bond motifs is 1. The SMILES string of the molecule is C=C(Nc1cc2cc(C3=CN=CC3)ccc2cn1)C1CCC(N2CCCCC2)CC1. The van der Waals surface area contributed by atoms with Gasteiger partial charge in [0.1, 0.15) is 5.82 Å². The molecule has 0 amide bonds. The van der Waals surface area contributed by atoms with Gasteiger partial charge in [-0.05, 0) is 86.2 Å². The van der Waals surface area contributed by atoms with Crippen molar-refractivity contribution in [1.82, 2.24) is 9.88 Å². The predicted molar refractivity (Wildman–Crippen MR) is 127 cm³/mol. The van der Waals surface area contributed by atoms with E-state index in [0.29, 0.717) is 5.92 Å². The predicted octanol–water partition coefficient (Wildman–Crippen LogP) is 6.02. The fourth-order valence-electron chi connectivity index (χ4n) is 5.29. The number of likely N-dealkylation sites (tertiary alicyclic amines) is 1. The van der Waals surface area contributed by atoms with Crippen molar-refractivity contribution in [2.45, 2.75) is 57.4 Å². The summed E-state index contributed by atoms with van der Waals surface area (Å²) in [6.45, 7) is 6.99. The zero-order valence-corrected chi connectivity index (χ0v) is 17.8. The highest BCUT2D eigenvalue weighted by Gasteiger charge is 2.28. The zero-order valence-electron chi connectivity index (χ0n) is 17.8. The van der Waals surface area contributed by atoms with E-state index in [9.17, 15) is 0 Å². The number of benzene rings is 1. The van der Waals surface area contributed by atoms with Gasteiger partial charge < -0.3 is 10.2 Å². The summed E-state index contributed by atoms with van der Waals surface area (Å²) in [6, 6.07) is 9.50. The van der Waals surface area contributed by atoms with Gasteiger partial charge in [0.25, 0.3) is 0 Å². The number of allylic oxidation sites excluding steroid dienone is 2. The molecule has 2 fully saturated rings. The van der Waals surface area contributed by atoms with E-state index >= 15 is 0 Å². The summed E-state index contributed by atoms with van der Waals surface area (Å²) in [5.74, 6) is 1.45. The molecule has 0 unspecified atom stereocenters. The highest BCUT2D eigenvalue weighted by molar-refractivity contribution is 5.91. The molecular formula is C26H32N4. The second-order valence-electron chi connectivity index (χ2n) is 9.07. The molecule has 0 atom stereocenters. The number of hydrogen-bond donors (Lipinski definition) is 1. The van der Waals surface area contributed by atoms with Gasteiger partial charge in [-0.1, -0.05) is 25.1 Å². The fourth-order valence-corrected chi connectivity index (χ4v) is 5.29. The number of aromatic nitrogens is 1. The molecule has 0 bridgehead atoms. The van der Waals surface area contributed by atoms with Gasteiger partial charge in [-0.25, -0.2) is 4.98 Å². The van der Waals surface area contributed by atoms with Crippen LogP contribution in [-0.4, -0.2) is 35.2 Å². The lowest BCUT2D eigenvalue weighted by molar-refractivity contribution is 0.120. The first kappa shape index (κ1) is 19.5. The van der Waals surface area contributed by atoms with Crippen LogP contribution < -0.4 is 5.32 Å². The number of anilines is 1. The van der Waals surface area contributed by atoms with Crippen LogP contribution in [0.25, 0.3) is 16.3 Å². The number of pyridine rings is 1. The number of rotatable bonds is 5. The van der Waals surface area contributed by atoms with Gasteiger partial charge >= 0.3 is 0 Å². The molecule has 1 aromatic heterocycles. The van der Waals surface area contributed by atoms with E-state index in [2.05, 4.69) is 51.0 Å². The van der Waals surface area contributed by atoms with Crippen molar-refractivity contribution in [1.29, 1.82) is 0 Å². The van der Waals surface area contributed by atoms with Crippen LogP contribution in [0, 0.1) is 5.92 Å². The first-order chi connectivity index (χ1) is 14.8. The lowest BCUT2D eigenvalue weighted by atomic mass is 9.83. The molecule has 0 radical (unpaired) electrons. The van der Waals surface area contributed by atoms with E-state index < -0.39 is 0 Å². The van der Waals surface area contributed by atoms with Crippen LogP contribution in [-0.2, 0) is 0 Å². The van der Waals surface area contributed by atoms with Crippen LogP contribution in [0.3, 0.4) is 0 Å². The Morgan fingerprint density at radius 3 is 2.60 bits per heavy atom. The molecule has 1 saturated carbocycles. The van der Waals surface area contributed by atoms with E-state index in [1.54, 1.807) is 0 Å². The molecule has 3 aliphatic rings. The first-order valence-electron chi connectivity index (χ1n) is 11.6. The number of aliphatic imine (C=N–C) groups is 1. The highest BCUT2D eigenvalue weighted by Crippen LogP contribution is 2.33. The molecule has 30 heavy (non-hydrogen) atoms. The minimum absolute atomic E-state index is 0.552. The third-order valence-electron chi connectivity index (χ3n) is 7.12. The summed E-state index contributed by atoms with van der Waals surface area (Å²) in [6.07, 6.45) is 16.1. The highest BCUT2D eigenvalue weighted by atomic mass is 15.2. The summed E-state index contributed by atoms with van der Waals surface area (Å²) >= 11 is 0. The van der Waals surface area contributed by atoms with Crippen LogP contribution in [0.4, 0.5) is 5.82 Å². The van der Waals surface area contributed by atoms with Gasteiger partial charge in [0.05, 0.1) is 0 Å². The molecule has 1 saturated heterocycles. The van der Waals surface area contributed by atoms with E-state index in [1.165, 1.54) is 74.6 Å². The Morgan fingerprint density at radius 1 is 1.00 bits per heavy atom. The molecular weight excluding hydrogens is 368 g/mol. The minimum atomic E-state index is 0.552. The lowest BCUT2D eigenvalue weighted by Crippen LogP contribution is -2.41. The van der Waals surface area contributed by atoms with Gasteiger partial charge in [0.15, 0.2) is 0 Å². The smallest absolute Gasteiger partial charge is 0.130 e. The third kappa shape index (κ3) is 4.20. The van der Waals surface area contributed by atoms with Gasteiger partial charge in [-0.15, -0.1) is 0 Å².